The average Bonchev–Trinajstić information content (AvgIpc) is 2.86. The molecule has 0 saturated carbocycles. The number of carbonyl (C=O) groups excluding carboxylic acids is 1. The molecule has 1 heterocycles. The fraction of sp³-hybridized carbons (Fsp3) is 0.438. The molecular weight excluding hydrogens is 270 g/mol. The predicted octanol–water partition coefficient (Wildman–Crippen LogP) is 2.56. The molecule has 1 unspecified atom stereocenters. The number of aliphatic hydroxyl groups is 1. The summed E-state index contributed by atoms with van der Waals surface area (Å²) in [7, 11) is 0. The number of hydrogen-bond donors (Lipinski definition) is 2. The van der Waals surface area contributed by atoms with Crippen molar-refractivity contribution in [2.45, 2.75) is 31.4 Å². The minimum atomic E-state index is -0.302. The van der Waals surface area contributed by atoms with Crippen molar-refractivity contribution in [2.75, 3.05) is 17.7 Å². The van der Waals surface area contributed by atoms with Crippen molar-refractivity contribution in [1.29, 1.82) is 0 Å². The molecule has 1 atom stereocenters. The highest BCUT2D eigenvalue weighted by Crippen LogP contribution is 2.38. The van der Waals surface area contributed by atoms with Gasteiger partial charge in [0.2, 0.25) is 5.91 Å². The molecule has 1 fully saturated rings. The van der Waals surface area contributed by atoms with Crippen molar-refractivity contribution in [3.05, 3.63) is 29.3 Å². The number of anilines is 1. The lowest BCUT2D eigenvalue weighted by Crippen LogP contribution is -2.34. The maximum Gasteiger partial charge on any atom is 0.240 e. The number of carbonyl (C=O) groups is 1. The third kappa shape index (κ3) is 3.36. The normalized spacial score (nSPS) is 21.1. The molecule has 0 spiro atoms. The summed E-state index contributed by atoms with van der Waals surface area (Å²) in [6, 6.07) is 5.65. The van der Waals surface area contributed by atoms with E-state index in [4.69, 9.17) is 5.11 Å². The number of amides is 1. The van der Waals surface area contributed by atoms with Crippen LogP contribution in [0.4, 0.5) is 5.69 Å². The zero-order valence-corrected chi connectivity index (χ0v) is 12.6. The lowest BCUT2D eigenvalue weighted by molar-refractivity contribution is -0.118. The summed E-state index contributed by atoms with van der Waals surface area (Å²) >= 11 is 1.73. The molecule has 20 heavy (non-hydrogen) atoms. The van der Waals surface area contributed by atoms with Crippen molar-refractivity contribution in [1.82, 2.24) is 0 Å². The Hall–Kier alpha value is -1.44. The van der Waals surface area contributed by atoms with Crippen LogP contribution in [0.1, 0.15) is 30.9 Å². The maximum atomic E-state index is 12.3. The van der Waals surface area contributed by atoms with Crippen LogP contribution in [0.3, 0.4) is 0 Å². The van der Waals surface area contributed by atoms with Crippen molar-refractivity contribution < 1.29 is 9.90 Å². The SMILES string of the molecule is Cc1cc(NC(=O)C2(C)CCCS2)ccc1C#CCO. The number of rotatable bonds is 2. The molecule has 2 N–H and O–H groups in total. The van der Waals surface area contributed by atoms with E-state index >= 15 is 0 Å². The van der Waals surface area contributed by atoms with Gasteiger partial charge in [0, 0.05) is 11.3 Å². The largest absolute Gasteiger partial charge is 0.384 e. The summed E-state index contributed by atoms with van der Waals surface area (Å²) in [6.45, 7) is 3.81. The highest BCUT2D eigenvalue weighted by molar-refractivity contribution is 8.01. The number of nitrogens with one attached hydrogen (secondary N) is 1. The van der Waals surface area contributed by atoms with Crippen LogP contribution < -0.4 is 5.32 Å². The van der Waals surface area contributed by atoms with E-state index in [-0.39, 0.29) is 17.3 Å². The van der Waals surface area contributed by atoms with Gasteiger partial charge in [-0.1, -0.05) is 11.8 Å². The van der Waals surface area contributed by atoms with Gasteiger partial charge in [-0.15, -0.1) is 11.8 Å². The van der Waals surface area contributed by atoms with E-state index in [2.05, 4.69) is 17.2 Å². The first-order valence-corrected chi connectivity index (χ1v) is 7.69. The Kier molecular flexibility index (Phi) is 4.74. The van der Waals surface area contributed by atoms with Gasteiger partial charge in [-0.2, -0.15) is 0 Å². The highest BCUT2D eigenvalue weighted by Gasteiger charge is 2.37. The van der Waals surface area contributed by atoms with Crippen LogP contribution in [0.15, 0.2) is 18.2 Å². The van der Waals surface area contributed by atoms with Gasteiger partial charge in [0.05, 0.1) is 4.75 Å². The molecular formula is C16H19NO2S. The maximum absolute atomic E-state index is 12.3. The summed E-state index contributed by atoms with van der Waals surface area (Å²) in [5, 5.41) is 11.7. The Morgan fingerprint density at radius 1 is 1.55 bits per heavy atom. The molecule has 1 aliphatic rings. The van der Waals surface area contributed by atoms with E-state index in [1.807, 2.05) is 32.0 Å². The Morgan fingerprint density at radius 3 is 2.95 bits per heavy atom. The van der Waals surface area contributed by atoms with Gasteiger partial charge in [0.1, 0.15) is 6.61 Å². The van der Waals surface area contributed by atoms with E-state index in [0.29, 0.717) is 0 Å². The third-order valence-electron chi connectivity index (χ3n) is 3.49. The molecule has 2 rings (SSSR count). The highest BCUT2D eigenvalue weighted by atomic mass is 32.2. The predicted molar refractivity (Wildman–Crippen MR) is 83.9 cm³/mol. The molecule has 4 heteroatoms. The van der Waals surface area contributed by atoms with Gasteiger partial charge in [-0.25, -0.2) is 0 Å². The summed E-state index contributed by atoms with van der Waals surface area (Å²) in [5.41, 5.74) is 2.67. The average molecular weight is 289 g/mol. The summed E-state index contributed by atoms with van der Waals surface area (Å²) < 4.78 is -0.302. The van der Waals surface area contributed by atoms with E-state index in [1.54, 1.807) is 11.8 Å². The van der Waals surface area contributed by atoms with Crippen molar-refractivity contribution in [3.8, 4) is 11.8 Å². The second-order valence-electron chi connectivity index (χ2n) is 5.13. The van der Waals surface area contributed by atoms with Crippen molar-refractivity contribution >= 4 is 23.4 Å². The molecule has 1 aromatic carbocycles. The Morgan fingerprint density at radius 2 is 2.35 bits per heavy atom. The zero-order chi connectivity index (χ0) is 14.6. The van der Waals surface area contributed by atoms with Crippen LogP contribution in [0.2, 0.25) is 0 Å². The molecule has 1 aliphatic heterocycles. The first-order chi connectivity index (χ1) is 9.55. The van der Waals surface area contributed by atoms with E-state index in [1.165, 1.54) is 0 Å². The quantitative estimate of drug-likeness (QED) is 0.823. The van der Waals surface area contributed by atoms with Gasteiger partial charge in [-0.3, -0.25) is 4.79 Å². The zero-order valence-electron chi connectivity index (χ0n) is 11.8. The molecule has 1 amide bonds. The first kappa shape index (κ1) is 15.0. The molecule has 0 radical (unpaired) electrons. The van der Waals surface area contributed by atoms with Gasteiger partial charge >= 0.3 is 0 Å². The van der Waals surface area contributed by atoms with E-state index in [9.17, 15) is 4.79 Å². The van der Waals surface area contributed by atoms with Crippen LogP contribution in [-0.4, -0.2) is 28.1 Å². The molecule has 1 saturated heterocycles. The second kappa shape index (κ2) is 6.34. The number of hydrogen-bond acceptors (Lipinski definition) is 3. The molecule has 3 nitrogen and oxygen atoms in total. The Bertz CT molecular complexity index is 566. The lowest BCUT2D eigenvalue weighted by Gasteiger charge is -2.21. The Labute approximate surface area is 124 Å². The van der Waals surface area contributed by atoms with Crippen molar-refractivity contribution in [2.24, 2.45) is 0 Å². The van der Waals surface area contributed by atoms with E-state index < -0.39 is 0 Å². The Balaban J connectivity index is 2.10. The van der Waals surface area contributed by atoms with Gasteiger partial charge in [0.25, 0.3) is 0 Å². The van der Waals surface area contributed by atoms with E-state index in [0.717, 1.165) is 35.4 Å². The number of aliphatic hydroxyl groups excluding tert-OH is 1. The minimum Gasteiger partial charge on any atom is -0.384 e. The summed E-state index contributed by atoms with van der Waals surface area (Å²) in [4.78, 5) is 12.3. The third-order valence-corrected chi connectivity index (χ3v) is 5.00. The lowest BCUT2D eigenvalue weighted by atomic mass is 10.0. The number of benzene rings is 1. The van der Waals surface area contributed by atoms with Crippen molar-refractivity contribution in [3.63, 3.8) is 0 Å². The minimum absolute atomic E-state index is 0.0774. The van der Waals surface area contributed by atoms with Gasteiger partial charge in [0.15, 0.2) is 0 Å². The molecule has 1 aromatic rings. The molecule has 0 aromatic heterocycles. The number of thioether (sulfide) groups is 1. The topological polar surface area (TPSA) is 49.3 Å². The first-order valence-electron chi connectivity index (χ1n) is 6.71. The van der Waals surface area contributed by atoms with Crippen LogP contribution in [0, 0.1) is 18.8 Å². The number of aryl methyl sites for hydroxylation is 1. The van der Waals surface area contributed by atoms with Crippen LogP contribution in [0.5, 0.6) is 0 Å². The van der Waals surface area contributed by atoms with Gasteiger partial charge in [-0.05, 0) is 56.2 Å². The summed E-state index contributed by atoms with van der Waals surface area (Å²) in [6.07, 6.45) is 2.03. The molecule has 106 valence electrons. The summed E-state index contributed by atoms with van der Waals surface area (Å²) in [5.74, 6) is 6.65. The molecule has 0 bridgehead atoms. The fourth-order valence-electron chi connectivity index (χ4n) is 2.24. The smallest absolute Gasteiger partial charge is 0.240 e. The second-order valence-corrected chi connectivity index (χ2v) is 6.72. The van der Waals surface area contributed by atoms with Gasteiger partial charge < -0.3 is 10.4 Å². The van der Waals surface area contributed by atoms with Crippen LogP contribution in [0.25, 0.3) is 0 Å². The molecule has 0 aliphatic carbocycles. The monoisotopic (exact) mass is 289 g/mol. The van der Waals surface area contributed by atoms with Crippen LogP contribution in [-0.2, 0) is 4.79 Å². The van der Waals surface area contributed by atoms with Crippen LogP contribution >= 0.6 is 11.8 Å². The standard InChI is InChI=1S/C16H19NO2S/c1-12-11-14(7-6-13(12)5-3-9-18)17-15(19)16(2)8-4-10-20-16/h6-7,11,18H,4,8-10H2,1-2H3,(H,17,19). The fourth-order valence-corrected chi connectivity index (χ4v) is 3.45.